The largest absolute Gasteiger partial charge is 0.481 e. The zero-order valence-electron chi connectivity index (χ0n) is 12.1. The van der Waals surface area contributed by atoms with Gasteiger partial charge in [0.25, 0.3) is 0 Å². The number of carboxylic acids is 1. The molecule has 1 amide bonds. The van der Waals surface area contributed by atoms with Gasteiger partial charge in [0.1, 0.15) is 0 Å². The number of benzene rings is 1. The van der Waals surface area contributed by atoms with E-state index in [-0.39, 0.29) is 12.3 Å². The Morgan fingerprint density at radius 1 is 1.33 bits per heavy atom. The number of carbonyl (C=O) groups excluding carboxylic acids is 1. The fourth-order valence-corrected chi connectivity index (χ4v) is 3.42. The second-order valence-corrected chi connectivity index (χ2v) is 6.54. The first-order valence-electron chi connectivity index (χ1n) is 7.28. The van der Waals surface area contributed by atoms with E-state index in [0.29, 0.717) is 18.5 Å². The number of rotatable bonds is 5. The summed E-state index contributed by atoms with van der Waals surface area (Å²) < 4.78 is 0.825. The Morgan fingerprint density at radius 2 is 2.00 bits per heavy atom. The lowest BCUT2D eigenvalue weighted by atomic mass is 9.82. The van der Waals surface area contributed by atoms with Crippen molar-refractivity contribution in [1.29, 1.82) is 0 Å². The summed E-state index contributed by atoms with van der Waals surface area (Å²) in [6.07, 6.45) is 3.92. The molecule has 0 heterocycles. The van der Waals surface area contributed by atoms with Gasteiger partial charge in [-0.25, -0.2) is 0 Å². The summed E-state index contributed by atoms with van der Waals surface area (Å²) in [5.74, 6) is -1.08. The van der Waals surface area contributed by atoms with Crippen LogP contribution < -0.4 is 5.32 Å². The zero-order chi connectivity index (χ0) is 15.5. The number of amides is 1. The van der Waals surface area contributed by atoms with Gasteiger partial charge in [0.05, 0.1) is 11.1 Å². The standard InChI is InChI=1S/C16H20BrNO3/c1-2-11-5-6-13(12(17)9-11)18-14(19)10-16(15(20)21)7-3-4-8-16/h5-6,9H,2-4,7-8,10H2,1H3,(H,18,19)(H,20,21). The van der Waals surface area contributed by atoms with Crippen molar-refractivity contribution < 1.29 is 14.7 Å². The van der Waals surface area contributed by atoms with E-state index in [1.807, 2.05) is 18.2 Å². The van der Waals surface area contributed by atoms with E-state index in [1.54, 1.807) is 0 Å². The number of aliphatic carboxylic acids is 1. The molecule has 1 saturated carbocycles. The Balaban J connectivity index is 2.06. The van der Waals surface area contributed by atoms with Crippen LogP contribution >= 0.6 is 15.9 Å². The lowest BCUT2D eigenvalue weighted by molar-refractivity contribution is -0.150. The highest BCUT2D eigenvalue weighted by atomic mass is 79.9. The van der Waals surface area contributed by atoms with Crippen molar-refractivity contribution in [2.24, 2.45) is 5.41 Å². The molecule has 0 bridgehead atoms. The van der Waals surface area contributed by atoms with Crippen molar-refractivity contribution in [2.45, 2.75) is 45.4 Å². The molecule has 1 aliphatic carbocycles. The molecular weight excluding hydrogens is 334 g/mol. The molecule has 0 aromatic heterocycles. The smallest absolute Gasteiger partial charge is 0.310 e. The molecule has 0 aliphatic heterocycles. The third-order valence-electron chi connectivity index (χ3n) is 4.23. The second-order valence-electron chi connectivity index (χ2n) is 5.69. The third-order valence-corrected chi connectivity index (χ3v) is 4.89. The Morgan fingerprint density at radius 3 is 2.52 bits per heavy atom. The van der Waals surface area contributed by atoms with Gasteiger partial charge in [0.15, 0.2) is 0 Å². The normalized spacial score (nSPS) is 16.7. The molecule has 5 heteroatoms. The van der Waals surface area contributed by atoms with Crippen LogP contribution in [0.1, 0.15) is 44.6 Å². The molecule has 0 unspecified atom stereocenters. The summed E-state index contributed by atoms with van der Waals surface area (Å²) in [5.41, 5.74) is 0.994. The fourth-order valence-electron chi connectivity index (χ4n) is 2.90. The fraction of sp³-hybridized carbons (Fsp3) is 0.500. The van der Waals surface area contributed by atoms with Crippen LogP contribution in [0.2, 0.25) is 0 Å². The number of anilines is 1. The molecule has 1 aliphatic rings. The average Bonchev–Trinajstić information content (AvgIpc) is 2.90. The van der Waals surface area contributed by atoms with Crippen LogP contribution in [0.3, 0.4) is 0 Å². The first-order chi connectivity index (χ1) is 9.97. The minimum Gasteiger partial charge on any atom is -0.481 e. The maximum atomic E-state index is 12.2. The van der Waals surface area contributed by atoms with E-state index >= 15 is 0 Å². The predicted molar refractivity (Wildman–Crippen MR) is 85.3 cm³/mol. The molecule has 0 saturated heterocycles. The molecule has 1 aromatic carbocycles. The van der Waals surface area contributed by atoms with Crippen molar-refractivity contribution in [1.82, 2.24) is 0 Å². The average molecular weight is 354 g/mol. The van der Waals surface area contributed by atoms with Crippen molar-refractivity contribution in [3.05, 3.63) is 28.2 Å². The number of carbonyl (C=O) groups is 2. The van der Waals surface area contributed by atoms with E-state index in [4.69, 9.17) is 0 Å². The molecule has 21 heavy (non-hydrogen) atoms. The quantitative estimate of drug-likeness (QED) is 0.840. The molecular formula is C16H20BrNO3. The molecule has 0 radical (unpaired) electrons. The minimum absolute atomic E-state index is 0.0459. The van der Waals surface area contributed by atoms with Gasteiger partial charge in [0, 0.05) is 10.9 Å². The first kappa shape index (κ1) is 16.0. The number of hydrogen-bond donors (Lipinski definition) is 2. The summed E-state index contributed by atoms with van der Waals surface area (Å²) in [6, 6.07) is 5.78. The highest BCUT2D eigenvalue weighted by Crippen LogP contribution is 2.41. The number of halogens is 1. The number of aryl methyl sites for hydroxylation is 1. The highest BCUT2D eigenvalue weighted by molar-refractivity contribution is 9.10. The Bertz CT molecular complexity index is 550. The van der Waals surface area contributed by atoms with Gasteiger partial charge in [0.2, 0.25) is 5.91 Å². The topological polar surface area (TPSA) is 66.4 Å². The maximum Gasteiger partial charge on any atom is 0.310 e. The van der Waals surface area contributed by atoms with Crippen molar-refractivity contribution in [3.63, 3.8) is 0 Å². The highest BCUT2D eigenvalue weighted by Gasteiger charge is 2.42. The van der Waals surface area contributed by atoms with Crippen molar-refractivity contribution >= 4 is 33.5 Å². The number of carboxylic acid groups (broad SMARTS) is 1. The molecule has 114 valence electrons. The Labute approximate surface area is 133 Å². The van der Waals surface area contributed by atoms with Gasteiger partial charge in [-0.3, -0.25) is 9.59 Å². The molecule has 2 rings (SSSR count). The summed E-state index contributed by atoms with van der Waals surface area (Å²) in [5, 5.41) is 12.2. The summed E-state index contributed by atoms with van der Waals surface area (Å²) in [6.45, 7) is 2.07. The Kier molecular flexibility index (Phi) is 5.04. The summed E-state index contributed by atoms with van der Waals surface area (Å²) in [7, 11) is 0. The van der Waals surface area contributed by atoms with E-state index in [1.165, 1.54) is 5.56 Å². The van der Waals surface area contributed by atoms with Gasteiger partial charge in [-0.2, -0.15) is 0 Å². The van der Waals surface area contributed by atoms with Crippen molar-refractivity contribution in [2.75, 3.05) is 5.32 Å². The Hall–Kier alpha value is -1.36. The van der Waals surface area contributed by atoms with Crippen molar-refractivity contribution in [3.8, 4) is 0 Å². The van der Waals surface area contributed by atoms with Crippen LogP contribution in [0.15, 0.2) is 22.7 Å². The lowest BCUT2D eigenvalue weighted by Gasteiger charge is -2.23. The first-order valence-corrected chi connectivity index (χ1v) is 8.08. The molecule has 0 atom stereocenters. The third kappa shape index (κ3) is 3.64. The van der Waals surface area contributed by atoms with Crippen LogP contribution in [-0.2, 0) is 16.0 Å². The second kappa shape index (κ2) is 6.60. The predicted octanol–water partition coefficient (Wildman–Crippen LogP) is 3.99. The molecule has 0 spiro atoms. The SMILES string of the molecule is CCc1ccc(NC(=O)CC2(C(=O)O)CCCC2)c(Br)c1. The van der Waals surface area contributed by atoms with Crippen LogP contribution in [0.5, 0.6) is 0 Å². The monoisotopic (exact) mass is 353 g/mol. The van der Waals surface area contributed by atoms with Gasteiger partial charge in [-0.1, -0.05) is 25.8 Å². The number of nitrogens with one attached hydrogen (secondary N) is 1. The van der Waals surface area contributed by atoms with Crippen LogP contribution in [0.4, 0.5) is 5.69 Å². The number of hydrogen-bond acceptors (Lipinski definition) is 2. The minimum atomic E-state index is -0.875. The van der Waals surface area contributed by atoms with E-state index in [9.17, 15) is 14.7 Å². The van der Waals surface area contributed by atoms with Crippen LogP contribution in [-0.4, -0.2) is 17.0 Å². The van der Waals surface area contributed by atoms with Crippen LogP contribution in [0, 0.1) is 5.41 Å². The molecule has 2 N–H and O–H groups in total. The van der Waals surface area contributed by atoms with Crippen LogP contribution in [0.25, 0.3) is 0 Å². The molecule has 1 aromatic rings. The molecule has 4 nitrogen and oxygen atoms in total. The zero-order valence-corrected chi connectivity index (χ0v) is 13.7. The van der Waals surface area contributed by atoms with E-state index < -0.39 is 11.4 Å². The molecule has 1 fully saturated rings. The van der Waals surface area contributed by atoms with E-state index in [2.05, 4.69) is 28.2 Å². The van der Waals surface area contributed by atoms with Gasteiger partial charge < -0.3 is 10.4 Å². The lowest BCUT2D eigenvalue weighted by Crippen LogP contribution is -2.32. The van der Waals surface area contributed by atoms with Gasteiger partial charge >= 0.3 is 5.97 Å². The van der Waals surface area contributed by atoms with Gasteiger partial charge in [-0.05, 0) is 52.9 Å². The summed E-state index contributed by atoms with van der Waals surface area (Å²) in [4.78, 5) is 23.7. The van der Waals surface area contributed by atoms with Gasteiger partial charge in [-0.15, -0.1) is 0 Å². The maximum absolute atomic E-state index is 12.2. The van der Waals surface area contributed by atoms with E-state index in [0.717, 1.165) is 23.7 Å². The summed E-state index contributed by atoms with van der Waals surface area (Å²) >= 11 is 3.44.